The van der Waals surface area contributed by atoms with Crippen molar-refractivity contribution in [2.45, 2.75) is 110 Å². The lowest BCUT2D eigenvalue weighted by molar-refractivity contribution is -0.177. The third kappa shape index (κ3) is 4.34. The van der Waals surface area contributed by atoms with Crippen molar-refractivity contribution in [1.29, 1.82) is 0 Å². The van der Waals surface area contributed by atoms with E-state index in [-0.39, 0.29) is 39.8 Å². The lowest BCUT2D eigenvalue weighted by atomic mass is 9.45. The van der Waals surface area contributed by atoms with Gasteiger partial charge in [0.1, 0.15) is 5.60 Å². The van der Waals surface area contributed by atoms with Gasteiger partial charge in [-0.1, -0.05) is 19.4 Å². The van der Waals surface area contributed by atoms with E-state index in [2.05, 4.69) is 24.9 Å². The highest BCUT2D eigenvalue weighted by Gasteiger charge is 2.81. The Morgan fingerprint density at radius 1 is 1.02 bits per heavy atom. The fraction of sp³-hybridized carbons (Fsp3) is 0.757. The maximum atomic E-state index is 12.4. The first-order valence-corrected chi connectivity index (χ1v) is 18.1. The van der Waals surface area contributed by atoms with Crippen molar-refractivity contribution in [1.82, 2.24) is 18.7 Å². The van der Waals surface area contributed by atoms with Crippen molar-refractivity contribution in [2.24, 2.45) is 66.4 Å². The van der Waals surface area contributed by atoms with Gasteiger partial charge in [0.25, 0.3) is 5.56 Å². The number of aryl methyl sites for hydroxylation is 2. The fourth-order valence-corrected chi connectivity index (χ4v) is 12.0. The van der Waals surface area contributed by atoms with Crippen LogP contribution in [0.4, 0.5) is 0 Å². The summed E-state index contributed by atoms with van der Waals surface area (Å²) in [5.74, 6) is 5.65. The van der Waals surface area contributed by atoms with Crippen molar-refractivity contribution in [3.8, 4) is 0 Å². The number of unbranched alkanes of at least 4 members (excludes halogenated alkanes) is 1. The molecule has 11 atom stereocenters. The van der Waals surface area contributed by atoms with Crippen molar-refractivity contribution in [3.63, 3.8) is 0 Å². The van der Waals surface area contributed by atoms with Crippen molar-refractivity contribution >= 4 is 22.9 Å². The summed E-state index contributed by atoms with van der Waals surface area (Å²) in [7, 11) is 3.35. The number of ketones is 1. The van der Waals surface area contributed by atoms with Crippen LogP contribution in [0.5, 0.6) is 0 Å². The van der Waals surface area contributed by atoms with Crippen molar-refractivity contribution in [3.05, 3.63) is 38.8 Å². The molecule has 0 unspecified atom stereocenters. The average Bonchev–Trinajstić information content (AvgIpc) is 3.91. The first-order chi connectivity index (χ1) is 22.3. The SMILES string of the molecule is C[C@@H](O)CCCCn1c(=O)c2c(ncn2C)n(C)c1=O.C[C@]12CCC(=O)C=C1[C@@H]1C[C@@H]1[C@H]1[C@@H]3[C@@H]4C[C@@H]4[C@@]4(CCC(=O)O4)[C@@]3(C)CC[C@@H]12. The fourth-order valence-electron chi connectivity index (χ4n) is 12.0. The van der Waals surface area contributed by atoms with Crippen LogP contribution in [0, 0.1) is 52.3 Å². The number of allylic oxidation sites excluding steroid dienone is 1. The van der Waals surface area contributed by atoms with E-state index in [1.165, 1.54) is 46.7 Å². The maximum absolute atomic E-state index is 12.4. The van der Waals surface area contributed by atoms with Gasteiger partial charge in [0.2, 0.25) is 0 Å². The minimum atomic E-state index is -0.353. The van der Waals surface area contributed by atoms with Crippen LogP contribution >= 0.6 is 0 Å². The molecule has 10 nitrogen and oxygen atoms in total. The van der Waals surface area contributed by atoms with Gasteiger partial charge in [-0.2, -0.15) is 0 Å². The Kier molecular flexibility index (Phi) is 6.98. The van der Waals surface area contributed by atoms with Crippen LogP contribution < -0.4 is 11.2 Å². The smallest absolute Gasteiger partial charge is 0.332 e. The molecule has 5 saturated carbocycles. The third-order valence-corrected chi connectivity index (χ3v) is 14.3. The van der Waals surface area contributed by atoms with Crippen molar-refractivity contribution in [2.75, 3.05) is 0 Å². The van der Waals surface area contributed by atoms with Crippen LogP contribution in [0.25, 0.3) is 11.2 Å². The van der Waals surface area contributed by atoms with Gasteiger partial charge in [0, 0.05) is 44.8 Å². The molecule has 9 rings (SSSR count). The molecule has 3 heterocycles. The molecule has 1 saturated heterocycles. The number of imidazole rings is 1. The summed E-state index contributed by atoms with van der Waals surface area (Å²) < 4.78 is 10.5. The molecule has 1 spiro atoms. The predicted octanol–water partition coefficient (Wildman–Crippen LogP) is 4.29. The molecular formula is C37H50N4O6. The van der Waals surface area contributed by atoms with E-state index in [9.17, 15) is 24.3 Å². The Morgan fingerprint density at radius 3 is 2.53 bits per heavy atom. The van der Waals surface area contributed by atoms with E-state index in [0.717, 1.165) is 55.3 Å². The molecule has 6 fully saturated rings. The van der Waals surface area contributed by atoms with Crippen LogP contribution in [-0.2, 0) is 35.0 Å². The van der Waals surface area contributed by atoms with Crippen LogP contribution in [0.3, 0.4) is 0 Å². The van der Waals surface area contributed by atoms with Gasteiger partial charge in [-0.05, 0) is 112 Å². The molecule has 7 aliphatic rings. The molecule has 47 heavy (non-hydrogen) atoms. The Labute approximate surface area is 275 Å². The zero-order valence-electron chi connectivity index (χ0n) is 28.5. The van der Waals surface area contributed by atoms with E-state index in [1.54, 1.807) is 25.6 Å². The second kappa shape index (κ2) is 10.5. The molecule has 10 heteroatoms. The van der Waals surface area contributed by atoms with Gasteiger partial charge in [0.15, 0.2) is 16.9 Å². The van der Waals surface area contributed by atoms with Gasteiger partial charge >= 0.3 is 11.7 Å². The molecule has 0 bridgehead atoms. The number of hydrogen-bond acceptors (Lipinski definition) is 7. The first-order valence-electron chi connectivity index (χ1n) is 18.1. The number of carbonyl (C=O) groups excluding carboxylic acids is 2. The number of aliphatic hydroxyl groups is 1. The minimum absolute atomic E-state index is 0.0561. The average molecular weight is 647 g/mol. The predicted molar refractivity (Wildman–Crippen MR) is 175 cm³/mol. The normalized spacial score (nSPS) is 41.1. The number of hydrogen-bond donors (Lipinski definition) is 1. The molecule has 0 radical (unpaired) electrons. The number of rotatable bonds is 5. The number of ether oxygens (including phenoxy) is 1. The Morgan fingerprint density at radius 2 is 1.81 bits per heavy atom. The van der Waals surface area contributed by atoms with Gasteiger partial charge in [0.05, 0.1) is 12.4 Å². The highest BCUT2D eigenvalue weighted by atomic mass is 16.6. The lowest BCUT2D eigenvalue weighted by Crippen LogP contribution is -2.57. The molecule has 2 aromatic heterocycles. The van der Waals surface area contributed by atoms with Crippen LogP contribution in [-0.4, -0.2) is 47.2 Å². The number of carbonyl (C=O) groups is 2. The van der Waals surface area contributed by atoms with E-state index in [4.69, 9.17) is 4.74 Å². The zero-order valence-corrected chi connectivity index (χ0v) is 28.5. The maximum Gasteiger partial charge on any atom is 0.332 e. The summed E-state index contributed by atoms with van der Waals surface area (Å²) in [5, 5.41) is 9.21. The molecule has 0 aromatic carbocycles. The summed E-state index contributed by atoms with van der Waals surface area (Å²) >= 11 is 0. The number of aromatic nitrogens is 4. The third-order valence-electron chi connectivity index (χ3n) is 14.3. The van der Waals surface area contributed by atoms with E-state index >= 15 is 0 Å². The summed E-state index contributed by atoms with van der Waals surface area (Å²) in [4.78, 5) is 52.9. The second-order valence-electron chi connectivity index (χ2n) is 16.7. The minimum Gasteiger partial charge on any atom is -0.458 e. The Bertz CT molecular complexity index is 1820. The summed E-state index contributed by atoms with van der Waals surface area (Å²) in [6, 6.07) is 0. The van der Waals surface area contributed by atoms with E-state index in [1.807, 2.05) is 0 Å². The monoisotopic (exact) mass is 646 g/mol. The van der Waals surface area contributed by atoms with Crippen LogP contribution in [0.15, 0.2) is 27.6 Å². The molecule has 1 aliphatic heterocycles. The van der Waals surface area contributed by atoms with Crippen molar-refractivity contribution < 1.29 is 19.4 Å². The number of esters is 1. The summed E-state index contributed by atoms with van der Waals surface area (Å²) in [6.07, 6.45) is 13.9. The van der Waals surface area contributed by atoms with Gasteiger partial charge < -0.3 is 14.4 Å². The Balaban J connectivity index is 0.000000146. The topological polar surface area (TPSA) is 125 Å². The summed E-state index contributed by atoms with van der Waals surface area (Å²) in [6.45, 7) is 7.07. The first kappa shape index (κ1) is 31.3. The molecule has 0 amide bonds. The van der Waals surface area contributed by atoms with E-state index < -0.39 is 0 Å². The zero-order chi connectivity index (χ0) is 33.2. The highest BCUT2D eigenvalue weighted by Crippen LogP contribution is 2.82. The lowest BCUT2D eigenvalue weighted by Gasteiger charge is -2.60. The largest absolute Gasteiger partial charge is 0.458 e. The molecule has 254 valence electrons. The Hall–Kier alpha value is -3.01. The second-order valence-corrected chi connectivity index (χ2v) is 16.7. The van der Waals surface area contributed by atoms with Crippen LogP contribution in [0.2, 0.25) is 0 Å². The van der Waals surface area contributed by atoms with Crippen LogP contribution in [0.1, 0.15) is 91.4 Å². The molecule has 6 aliphatic carbocycles. The molecule has 1 N–H and O–H groups in total. The molecule has 2 aromatic rings. The van der Waals surface area contributed by atoms with Gasteiger partial charge in [-0.25, -0.2) is 9.78 Å². The highest BCUT2D eigenvalue weighted by molar-refractivity contribution is 5.92. The summed E-state index contributed by atoms with van der Waals surface area (Å²) in [5.41, 5.74) is 2.03. The quantitative estimate of drug-likeness (QED) is 0.380. The molecular weight excluding hydrogens is 596 g/mol. The van der Waals surface area contributed by atoms with E-state index in [0.29, 0.717) is 54.6 Å². The van der Waals surface area contributed by atoms with Gasteiger partial charge in [-0.15, -0.1) is 0 Å². The number of aliphatic hydroxyl groups excluding tert-OH is 1. The number of nitrogens with zero attached hydrogens (tertiary/aromatic N) is 4. The standard InChI is InChI=1S/C24H30O3.C13H20N4O3/c1-22-6-3-12(25)9-17(22)13-10-14(13)20-16(22)4-7-23(2)21(20)15-11-18(15)24(23)8-5-19(26)27-24;1-9(18)6-4-5-7-17-12(19)10-11(14-8-15(10)2)16(3)13(17)20/h9,13-16,18,20-21H,3-8,10-11H2,1-2H3;8-9,18H,4-7H2,1-3H3/t13-,14+,15-,16+,18+,20-,21+,22-,23+,24+;9-/m11/s1. The number of fused-ring (bicyclic) bond motifs is 13. The van der Waals surface area contributed by atoms with Gasteiger partial charge in [-0.3, -0.25) is 23.5 Å².